The van der Waals surface area contributed by atoms with Crippen LogP contribution in [0.4, 0.5) is 0 Å². The molecule has 2 aromatic rings. The van der Waals surface area contributed by atoms with Gasteiger partial charge in [-0.3, -0.25) is 14.6 Å². The molecule has 0 aliphatic carbocycles. The van der Waals surface area contributed by atoms with Crippen LogP contribution in [0.25, 0.3) is 6.08 Å². The van der Waals surface area contributed by atoms with Crippen LogP contribution in [0.2, 0.25) is 0 Å². The molecule has 1 fully saturated rings. The predicted molar refractivity (Wildman–Crippen MR) is 118 cm³/mol. The molecule has 2 aliphatic heterocycles. The molecule has 9 heteroatoms. The molecule has 0 unspecified atom stereocenters. The van der Waals surface area contributed by atoms with Crippen LogP contribution in [0.5, 0.6) is 0 Å². The number of carbonyl (C=O) groups excluding carboxylic acids is 2. The first-order chi connectivity index (χ1) is 15.5. The van der Waals surface area contributed by atoms with Crippen LogP contribution in [-0.4, -0.2) is 62.8 Å². The molecule has 0 spiro atoms. The molecule has 2 aliphatic rings. The van der Waals surface area contributed by atoms with E-state index in [4.69, 9.17) is 4.74 Å². The van der Waals surface area contributed by atoms with Crippen LogP contribution in [0.3, 0.4) is 0 Å². The highest BCUT2D eigenvalue weighted by Crippen LogP contribution is 2.24. The molecule has 32 heavy (non-hydrogen) atoms. The number of nitrogens with one attached hydrogen (secondary N) is 1. The maximum absolute atomic E-state index is 12.7. The van der Waals surface area contributed by atoms with Gasteiger partial charge in [0.15, 0.2) is 5.82 Å². The van der Waals surface area contributed by atoms with E-state index in [0.717, 1.165) is 23.8 Å². The molecule has 4 heterocycles. The molecule has 9 nitrogen and oxygen atoms in total. The zero-order valence-corrected chi connectivity index (χ0v) is 18.6. The maximum atomic E-state index is 12.7. The van der Waals surface area contributed by atoms with Crippen LogP contribution in [-0.2, 0) is 27.3 Å². The summed E-state index contributed by atoms with van der Waals surface area (Å²) in [6, 6.07) is 5.35. The van der Waals surface area contributed by atoms with Gasteiger partial charge >= 0.3 is 0 Å². The van der Waals surface area contributed by atoms with Crippen LogP contribution in [0, 0.1) is 11.8 Å². The van der Waals surface area contributed by atoms with E-state index < -0.39 is 0 Å². The molecular formula is C23H30N6O3. The Hall–Kier alpha value is -3.07. The van der Waals surface area contributed by atoms with E-state index in [1.54, 1.807) is 18.3 Å². The lowest BCUT2D eigenvalue weighted by atomic mass is 10.0. The second-order valence-electron chi connectivity index (χ2n) is 8.58. The molecule has 2 atom stereocenters. The van der Waals surface area contributed by atoms with Crippen molar-refractivity contribution in [3.63, 3.8) is 0 Å². The van der Waals surface area contributed by atoms with Gasteiger partial charge in [-0.1, -0.05) is 19.9 Å². The first-order valence-electron chi connectivity index (χ1n) is 11.2. The number of pyridine rings is 1. The number of hydrogen-bond donors (Lipinski definition) is 1. The highest BCUT2D eigenvalue weighted by Gasteiger charge is 2.31. The monoisotopic (exact) mass is 438 g/mol. The second-order valence-corrected chi connectivity index (χ2v) is 8.58. The Morgan fingerprint density at radius 2 is 2.09 bits per heavy atom. The van der Waals surface area contributed by atoms with E-state index in [0.29, 0.717) is 39.3 Å². The van der Waals surface area contributed by atoms with Gasteiger partial charge in [-0.2, -0.15) is 0 Å². The Labute approximate surface area is 187 Å². The fourth-order valence-electron chi connectivity index (χ4n) is 4.07. The van der Waals surface area contributed by atoms with Gasteiger partial charge < -0.3 is 19.5 Å². The Balaban J connectivity index is 1.44. The molecule has 1 N–H and O–H groups in total. The molecular weight excluding hydrogens is 408 g/mol. The van der Waals surface area contributed by atoms with E-state index in [9.17, 15) is 9.59 Å². The van der Waals surface area contributed by atoms with Crippen molar-refractivity contribution in [2.45, 2.75) is 39.3 Å². The third kappa shape index (κ3) is 5.04. The van der Waals surface area contributed by atoms with Gasteiger partial charge in [0.25, 0.3) is 0 Å². The van der Waals surface area contributed by atoms with E-state index in [1.807, 2.05) is 23.1 Å². The lowest BCUT2D eigenvalue weighted by molar-refractivity contribution is -0.126. The molecule has 4 rings (SSSR count). The molecule has 2 amide bonds. The second kappa shape index (κ2) is 10.0. The van der Waals surface area contributed by atoms with E-state index >= 15 is 0 Å². The van der Waals surface area contributed by atoms with Crippen molar-refractivity contribution in [3.8, 4) is 0 Å². The molecule has 2 aromatic heterocycles. The van der Waals surface area contributed by atoms with E-state index in [1.165, 1.54) is 0 Å². The van der Waals surface area contributed by atoms with Gasteiger partial charge in [0.2, 0.25) is 11.8 Å². The molecule has 0 bridgehead atoms. The van der Waals surface area contributed by atoms with Gasteiger partial charge in [-0.25, -0.2) is 0 Å². The summed E-state index contributed by atoms with van der Waals surface area (Å²) in [5, 5.41) is 12.0. The minimum absolute atomic E-state index is 0.00337. The Morgan fingerprint density at radius 3 is 2.81 bits per heavy atom. The van der Waals surface area contributed by atoms with Crippen LogP contribution >= 0.6 is 0 Å². The fraction of sp³-hybridized carbons (Fsp3) is 0.522. The number of ether oxygens (including phenoxy) is 1. The summed E-state index contributed by atoms with van der Waals surface area (Å²) < 4.78 is 7.42. The van der Waals surface area contributed by atoms with Gasteiger partial charge in [0.1, 0.15) is 5.82 Å². The smallest absolute Gasteiger partial charge is 0.246 e. The number of amides is 2. The summed E-state index contributed by atoms with van der Waals surface area (Å²) in [7, 11) is 0. The number of fused-ring (bicyclic) bond motifs is 1. The number of rotatable bonds is 6. The predicted octanol–water partition coefficient (Wildman–Crippen LogP) is 1.62. The summed E-state index contributed by atoms with van der Waals surface area (Å²) in [5.41, 5.74) is 0.748. The average molecular weight is 439 g/mol. The SMILES string of the molecule is CC(C)[C@@H](NC(=O)[C@@H]1CCOC1)c1nnc2n1CCN(C(=O)/C=C/c1ccccn1)CC2. The maximum Gasteiger partial charge on any atom is 0.246 e. The van der Waals surface area contributed by atoms with Crippen molar-refractivity contribution in [2.24, 2.45) is 11.8 Å². The molecule has 1 saturated heterocycles. The van der Waals surface area contributed by atoms with Crippen molar-refractivity contribution >= 4 is 17.9 Å². The number of carbonyl (C=O) groups is 2. The topological polar surface area (TPSA) is 102 Å². The summed E-state index contributed by atoms with van der Waals surface area (Å²) in [6.07, 6.45) is 6.36. The zero-order chi connectivity index (χ0) is 22.5. The van der Waals surface area contributed by atoms with Crippen molar-refractivity contribution in [1.82, 2.24) is 30.0 Å². The lowest BCUT2D eigenvalue weighted by Crippen LogP contribution is -2.38. The van der Waals surface area contributed by atoms with Gasteiger partial charge in [0, 0.05) is 44.9 Å². The third-order valence-corrected chi connectivity index (χ3v) is 5.99. The standard InChI is InChI=1S/C23H30N6O3/c1-16(2)21(25-23(31)17-9-14-32-15-17)22-27-26-19-8-11-28(12-13-29(19)22)20(30)7-6-18-5-3-4-10-24-18/h3-7,10,16-17,21H,8-9,11-15H2,1-2H3,(H,25,31)/b7-6+/t17-,21-/m1/s1. The van der Waals surface area contributed by atoms with Gasteiger partial charge in [-0.15, -0.1) is 10.2 Å². The van der Waals surface area contributed by atoms with E-state index in [-0.39, 0.29) is 29.7 Å². The van der Waals surface area contributed by atoms with Crippen molar-refractivity contribution in [3.05, 3.63) is 47.8 Å². The zero-order valence-electron chi connectivity index (χ0n) is 18.6. The Kier molecular flexibility index (Phi) is 6.94. The molecule has 170 valence electrons. The molecule has 0 radical (unpaired) electrons. The first kappa shape index (κ1) is 22.1. The van der Waals surface area contributed by atoms with Gasteiger partial charge in [-0.05, 0) is 30.5 Å². The summed E-state index contributed by atoms with van der Waals surface area (Å²) in [6.45, 7) is 6.94. The minimum Gasteiger partial charge on any atom is -0.381 e. The normalized spacial score (nSPS) is 19.7. The molecule has 0 aromatic carbocycles. The summed E-state index contributed by atoms with van der Waals surface area (Å²) >= 11 is 0. The fourth-order valence-corrected chi connectivity index (χ4v) is 4.07. The Bertz CT molecular complexity index is 965. The summed E-state index contributed by atoms with van der Waals surface area (Å²) in [5.74, 6) is 1.59. The largest absolute Gasteiger partial charge is 0.381 e. The lowest BCUT2D eigenvalue weighted by Gasteiger charge is -2.24. The number of hydrogen-bond acceptors (Lipinski definition) is 6. The van der Waals surface area contributed by atoms with Crippen LogP contribution in [0.1, 0.15) is 43.7 Å². The van der Waals surface area contributed by atoms with E-state index in [2.05, 4.69) is 38.9 Å². The summed E-state index contributed by atoms with van der Waals surface area (Å²) in [4.78, 5) is 31.5. The number of aromatic nitrogens is 4. The van der Waals surface area contributed by atoms with Crippen molar-refractivity contribution in [1.29, 1.82) is 0 Å². The van der Waals surface area contributed by atoms with Crippen molar-refractivity contribution in [2.75, 3.05) is 26.3 Å². The van der Waals surface area contributed by atoms with Crippen LogP contribution in [0.15, 0.2) is 30.5 Å². The number of nitrogens with zero attached hydrogens (tertiary/aromatic N) is 5. The van der Waals surface area contributed by atoms with Crippen molar-refractivity contribution < 1.29 is 14.3 Å². The first-order valence-corrected chi connectivity index (χ1v) is 11.2. The highest BCUT2D eigenvalue weighted by atomic mass is 16.5. The van der Waals surface area contributed by atoms with Crippen LogP contribution < -0.4 is 5.32 Å². The molecule has 0 saturated carbocycles. The highest BCUT2D eigenvalue weighted by molar-refractivity contribution is 5.91. The Morgan fingerprint density at radius 1 is 1.22 bits per heavy atom. The van der Waals surface area contributed by atoms with Gasteiger partial charge in [0.05, 0.1) is 24.3 Å². The average Bonchev–Trinajstić information content (AvgIpc) is 3.42. The third-order valence-electron chi connectivity index (χ3n) is 5.99. The quantitative estimate of drug-likeness (QED) is 0.688. The minimum atomic E-state index is -0.240.